The highest BCUT2D eigenvalue weighted by molar-refractivity contribution is 5.74. The van der Waals surface area contributed by atoms with E-state index in [1.165, 1.54) is 57.8 Å². The minimum atomic E-state index is -1.92. The molecule has 71 heavy (non-hydrogen) atoms. The third-order valence-corrected chi connectivity index (χ3v) is 12.3. The summed E-state index contributed by atoms with van der Waals surface area (Å²) in [6.45, 7) is 5.79. The number of carbonyl (C=O) groups excluding carboxylic acids is 3. The molecule has 1 saturated heterocycles. The van der Waals surface area contributed by atoms with E-state index in [2.05, 4.69) is 93.7 Å². The lowest BCUT2D eigenvalue weighted by atomic mass is 9.98. The van der Waals surface area contributed by atoms with Gasteiger partial charge in [0.2, 0.25) is 0 Å². The average Bonchev–Trinajstić information content (AvgIpc) is 3.35. The van der Waals surface area contributed by atoms with Gasteiger partial charge in [0.25, 0.3) is 0 Å². The molecule has 6 atom stereocenters. The summed E-state index contributed by atoms with van der Waals surface area (Å²) in [4.78, 5) is 50.9. The van der Waals surface area contributed by atoms with E-state index in [-0.39, 0.29) is 25.9 Å². The quantitative estimate of drug-likeness (QED) is 0.0228. The molecule has 406 valence electrons. The Morgan fingerprint density at radius 1 is 0.479 bits per heavy atom. The largest absolute Gasteiger partial charge is 0.479 e. The molecular weight excluding hydrogens is 901 g/mol. The molecule has 0 amide bonds. The van der Waals surface area contributed by atoms with Crippen LogP contribution >= 0.6 is 0 Å². The molecule has 0 spiro atoms. The van der Waals surface area contributed by atoms with Crippen LogP contribution in [0.3, 0.4) is 0 Å². The van der Waals surface area contributed by atoms with Crippen LogP contribution < -0.4 is 0 Å². The summed E-state index contributed by atoms with van der Waals surface area (Å²) < 4.78 is 28.3. The van der Waals surface area contributed by atoms with Crippen molar-refractivity contribution < 1.29 is 58.2 Å². The Bertz CT molecular complexity index is 1510. The first kappa shape index (κ1) is 65.2. The van der Waals surface area contributed by atoms with Crippen LogP contribution in [0.1, 0.15) is 226 Å². The SMILES string of the molecule is CC/C=C\C/C=C\C/C=C\C/C=C\C/C=C\CCCCCC(=O)OC1C(OCC(COC(=O)CCCCCCC/C=C\CCCC)OC(=O)CCCCCCCCCCCCC)OC(C(=O)O)C(O)C1O. The summed E-state index contributed by atoms with van der Waals surface area (Å²) in [5.74, 6) is -3.17. The molecule has 0 aromatic heterocycles. The maximum absolute atomic E-state index is 13.1. The number of ether oxygens (including phenoxy) is 5. The molecule has 12 nitrogen and oxygen atoms in total. The molecular formula is C59H98O12. The lowest BCUT2D eigenvalue weighted by molar-refractivity contribution is -0.301. The van der Waals surface area contributed by atoms with Gasteiger partial charge >= 0.3 is 23.9 Å². The van der Waals surface area contributed by atoms with Gasteiger partial charge < -0.3 is 39.0 Å². The van der Waals surface area contributed by atoms with Crippen molar-refractivity contribution in [3.63, 3.8) is 0 Å². The van der Waals surface area contributed by atoms with E-state index in [1.54, 1.807) is 0 Å². The number of aliphatic carboxylic acids is 1. The van der Waals surface area contributed by atoms with Crippen LogP contribution in [0.15, 0.2) is 72.9 Å². The Hall–Kier alpha value is -3.84. The van der Waals surface area contributed by atoms with Crippen molar-refractivity contribution in [1.29, 1.82) is 0 Å². The van der Waals surface area contributed by atoms with E-state index < -0.39 is 67.3 Å². The number of carboxylic acid groups (broad SMARTS) is 1. The number of carbonyl (C=O) groups is 4. The van der Waals surface area contributed by atoms with Crippen molar-refractivity contribution >= 4 is 23.9 Å². The molecule has 1 aliphatic heterocycles. The molecule has 1 heterocycles. The van der Waals surface area contributed by atoms with Gasteiger partial charge in [-0.1, -0.05) is 196 Å². The normalized spacial score (nSPS) is 19.0. The van der Waals surface area contributed by atoms with E-state index in [9.17, 15) is 34.5 Å². The monoisotopic (exact) mass is 999 g/mol. The number of aliphatic hydroxyl groups is 2. The maximum Gasteiger partial charge on any atom is 0.335 e. The average molecular weight is 999 g/mol. The van der Waals surface area contributed by atoms with Gasteiger partial charge in [-0.15, -0.1) is 0 Å². The zero-order chi connectivity index (χ0) is 51.8. The van der Waals surface area contributed by atoms with E-state index in [1.807, 2.05) is 0 Å². The topological polar surface area (TPSA) is 175 Å². The summed E-state index contributed by atoms with van der Waals surface area (Å²) in [5.41, 5.74) is 0. The van der Waals surface area contributed by atoms with Crippen LogP contribution in [0.2, 0.25) is 0 Å². The van der Waals surface area contributed by atoms with Crippen LogP contribution in [0.25, 0.3) is 0 Å². The lowest BCUT2D eigenvalue weighted by Gasteiger charge is -2.40. The lowest BCUT2D eigenvalue weighted by Crippen LogP contribution is -2.61. The molecule has 6 unspecified atom stereocenters. The summed E-state index contributed by atoms with van der Waals surface area (Å²) in [6, 6.07) is 0. The first-order valence-corrected chi connectivity index (χ1v) is 27.9. The fourth-order valence-corrected chi connectivity index (χ4v) is 7.96. The van der Waals surface area contributed by atoms with Crippen LogP contribution in [-0.4, -0.2) is 89.2 Å². The number of rotatable bonds is 46. The van der Waals surface area contributed by atoms with Crippen molar-refractivity contribution in [2.24, 2.45) is 0 Å². The maximum atomic E-state index is 13.1. The molecule has 1 rings (SSSR count). The second-order valence-electron chi connectivity index (χ2n) is 18.8. The van der Waals surface area contributed by atoms with Crippen LogP contribution in [0, 0.1) is 0 Å². The number of aliphatic hydroxyl groups excluding tert-OH is 2. The molecule has 0 bridgehead atoms. The van der Waals surface area contributed by atoms with Crippen molar-refractivity contribution in [1.82, 2.24) is 0 Å². The summed E-state index contributed by atoms with van der Waals surface area (Å²) in [7, 11) is 0. The smallest absolute Gasteiger partial charge is 0.335 e. The van der Waals surface area contributed by atoms with Gasteiger partial charge in [-0.05, 0) is 83.5 Å². The minimum Gasteiger partial charge on any atom is -0.479 e. The highest BCUT2D eigenvalue weighted by Gasteiger charge is 2.50. The van der Waals surface area contributed by atoms with Crippen molar-refractivity contribution in [2.45, 2.75) is 263 Å². The van der Waals surface area contributed by atoms with Gasteiger partial charge in [0.15, 0.2) is 24.6 Å². The second-order valence-corrected chi connectivity index (χ2v) is 18.8. The fraction of sp³-hybridized carbons (Fsp3) is 0.729. The zero-order valence-electron chi connectivity index (χ0n) is 44.4. The van der Waals surface area contributed by atoms with Gasteiger partial charge in [-0.3, -0.25) is 14.4 Å². The molecule has 0 aromatic carbocycles. The zero-order valence-corrected chi connectivity index (χ0v) is 44.4. The van der Waals surface area contributed by atoms with E-state index in [0.717, 1.165) is 109 Å². The molecule has 3 N–H and O–H groups in total. The molecule has 12 heteroatoms. The minimum absolute atomic E-state index is 0.0196. The molecule has 0 aliphatic carbocycles. The van der Waals surface area contributed by atoms with E-state index in [0.29, 0.717) is 19.3 Å². The Kier molecular flexibility index (Phi) is 43.3. The standard InChI is InChI=1S/C59H98O12/c1-4-7-10-13-16-19-22-23-24-25-26-27-28-29-32-35-38-41-44-47-53(62)70-57-55(64)54(63)56(58(65)66)71-59(57)68-49-50(69-52(61)46-43-40-37-34-31-21-18-15-12-9-6-3)48-67-51(60)45-42-39-36-33-30-20-17-14-11-8-5-2/h7,10,14,16-17,19,23-24,26-27,29,32,50,54-57,59,63-64H,4-6,8-9,11-13,15,18,20-22,25,28,30-31,33-49H2,1-3H3,(H,65,66)/b10-7-,17-14-,19-16-,24-23-,27-26-,32-29-. The third-order valence-electron chi connectivity index (χ3n) is 12.3. The first-order valence-electron chi connectivity index (χ1n) is 27.9. The van der Waals surface area contributed by atoms with Crippen molar-refractivity contribution in [3.8, 4) is 0 Å². The molecule has 0 saturated carbocycles. The molecule has 0 radical (unpaired) electrons. The number of carboxylic acids is 1. The van der Waals surface area contributed by atoms with Gasteiger partial charge in [-0.25, -0.2) is 4.79 Å². The highest BCUT2D eigenvalue weighted by atomic mass is 16.7. The Morgan fingerprint density at radius 2 is 0.901 bits per heavy atom. The highest BCUT2D eigenvalue weighted by Crippen LogP contribution is 2.26. The van der Waals surface area contributed by atoms with Gasteiger partial charge in [0, 0.05) is 19.3 Å². The number of unbranched alkanes of at least 4 members (excludes halogenated alkanes) is 20. The predicted molar refractivity (Wildman–Crippen MR) is 285 cm³/mol. The number of hydrogen-bond donors (Lipinski definition) is 3. The number of esters is 3. The van der Waals surface area contributed by atoms with Gasteiger partial charge in [0.1, 0.15) is 18.8 Å². The molecule has 1 fully saturated rings. The Balaban J connectivity index is 2.71. The van der Waals surface area contributed by atoms with E-state index >= 15 is 0 Å². The van der Waals surface area contributed by atoms with Crippen molar-refractivity contribution in [2.75, 3.05) is 13.2 Å². The second kappa shape index (κ2) is 47.2. The third kappa shape index (κ3) is 37.6. The summed E-state index contributed by atoms with van der Waals surface area (Å²) >= 11 is 0. The summed E-state index contributed by atoms with van der Waals surface area (Å²) in [6.07, 6.45) is 46.0. The van der Waals surface area contributed by atoms with Crippen molar-refractivity contribution in [3.05, 3.63) is 72.9 Å². The Labute approximate surface area is 429 Å². The Morgan fingerprint density at radius 3 is 1.42 bits per heavy atom. The first-order chi connectivity index (χ1) is 34.6. The predicted octanol–water partition coefficient (Wildman–Crippen LogP) is 13.8. The van der Waals surface area contributed by atoms with E-state index in [4.69, 9.17) is 23.7 Å². The summed E-state index contributed by atoms with van der Waals surface area (Å²) in [5, 5.41) is 31.4. The van der Waals surface area contributed by atoms with Gasteiger partial charge in [-0.2, -0.15) is 0 Å². The molecule has 0 aromatic rings. The molecule has 1 aliphatic rings. The number of hydrogen-bond acceptors (Lipinski definition) is 11. The fourth-order valence-electron chi connectivity index (χ4n) is 7.96. The van der Waals surface area contributed by atoms with Crippen LogP contribution in [0.5, 0.6) is 0 Å². The number of allylic oxidation sites excluding steroid dienone is 12. The van der Waals surface area contributed by atoms with Gasteiger partial charge in [0.05, 0.1) is 6.61 Å². The van der Waals surface area contributed by atoms with Crippen LogP contribution in [-0.2, 0) is 42.9 Å². The van der Waals surface area contributed by atoms with Crippen LogP contribution in [0.4, 0.5) is 0 Å².